The number of sulfonamides is 1. The zero-order chi connectivity index (χ0) is 17.2. The summed E-state index contributed by atoms with van der Waals surface area (Å²) in [6, 6.07) is 14.6. The highest BCUT2D eigenvalue weighted by Crippen LogP contribution is 2.25. The SMILES string of the molecule is Cc1ncc(-c2ccc(C)c(S(=O)(=O)NCc3ccccc3)c2)o1. The molecule has 0 saturated heterocycles. The summed E-state index contributed by atoms with van der Waals surface area (Å²) in [7, 11) is -3.62. The largest absolute Gasteiger partial charge is 0.441 e. The second kappa shape index (κ2) is 6.59. The summed E-state index contributed by atoms with van der Waals surface area (Å²) in [6.07, 6.45) is 1.59. The van der Waals surface area contributed by atoms with Crippen molar-refractivity contribution >= 4 is 10.0 Å². The Morgan fingerprint density at radius 2 is 1.83 bits per heavy atom. The van der Waals surface area contributed by atoms with Gasteiger partial charge in [-0.15, -0.1) is 0 Å². The van der Waals surface area contributed by atoms with Crippen LogP contribution in [0.25, 0.3) is 11.3 Å². The molecule has 0 bridgehead atoms. The standard InChI is InChI=1S/C18H18N2O3S/c1-13-8-9-16(17-12-19-14(2)23-17)10-18(13)24(21,22)20-11-15-6-4-3-5-7-15/h3-10,12,20H,11H2,1-2H3. The van der Waals surface area contributed by atoms with E-state index in [0.29, 0.717) is 22.8 Å². The molecule has 0 saturated carbocycles. The van der Waals surface area contributed by atoms with Gasteiger partial charge in [0, 0.05) is 19.0 Å². The van der Waals surface area contributed by atoms with Gasteiger partial charge in [0.1, 0.15) is 0 Å². The van der Waals surface area contributed by atoms with Crippen molar-refractivity contribution < 1.29 is 12.8 Å². The van der Waals surface area contributed by atoms with Gasteiger partial charge >= 0.3 is 0 Å². The van der Waals surface area contributed by atoms with Gasteiger partial charge in [-0.25, -0.2) is 18.1 Å². The van der Waals surface area contributed by atoms with E-state index >= 15 is 0 Å². The fourth-order valence-electron chi connectivity index (χ4n) is 2.39. The molecule has 1 aromatic heterocycles. The van der Waals surface area contributed by atoms with E-state index in [2.05, 4.69) is 9.71 Å². The van der Waals surface area contributed by atoms with Crippen LogP contribution in [0.2, 0.25) is 0 Å². The molecule has 24 heavy (non-hydrogen) atoms. The molecule has 124 valence electrons. The van der Waals surface area contributed by atoms with E-state index in [9.17, 15) is 8.42 Å². The van der Waals surface area contributed by atoms with Crippen LogP contribution in [0.15, 0.2) is 64.0 Å². The van der Waals surface area contributed by atoms with Crippen molar-refractivity contribution in [3.63, 3.8) is 0 Å². The number of hydrogen-bond acceptors (Lipinski definition) is 4. The smallest absolute Gasteiger partial charge is 0.241 e. The van der Waals surface area contributed by atoms with Crippen LogP contribution in [0.3, 0.4) is 0 Å². The second-order valence-electron chi connectivity index (χ2n) is 5.53. The maximum Gasteiger partial charge on any atom is 0.241 e. The van der Waals surface area contributed by atoms with Gasteiger partial charge in [0.15, 0.2) is 11.7 Å². The van der Waals surface area contributed by atoms with Crippen molar-refractivity contribution in [2.24, 2.45) is 0 Å². The molecule has 0 amide bonds. The second-order valence-corrected chi connectivity index (χ2v) is 7.27. The van der Waals surface area contributed by atoms with E-state index in [0.717, 1.165) is 5.56 Å². The lowest BCUT2D eigenvalue weighted by Crippen LogP contribution is -2.24. The van der Waals surface area contributed by atoms with E-state index in [-0.39, 0.29) is 11.4 Å². The highest BCUT2D eigenvalue weighted by Gasteiger charge is 2.18. The summed E-state index contributed by atoms with van der Waals surface area (Å²) in [5, 5.41) is 0. The van der Waals surface area contributed by atoms with Crippen molar-refractivity contribution in [3.05, 3.63) is 71.7 Å². The fourth-order valence-corrected chi connectivity index (χ4v) is 3.68. The van der Waals surface area contributed by atoms with E-state index in [1.807, 2.05) is 36.4 Å². The number of aryl methyl sites for hydroxylation is 2. The first kappa shape index (κ1) is 16.4. The van der Waals surface area contributed by atoms with Crippen LogP contribution in [0.5, 0.6) is 0 Å². The lowest BCUT2D eigenvalue weighted by atomic mass is 10.1. The van der Waals surface area contributed by atoms with Crippen molar-refractivity contribution in [2.45, 2.75) is 25.3 Å². The average Bonchev–Trinajstić information content (AvgIpc) is 3.01. The Balaban J connectivity index is 1.89. The van der Waals surface area contributed by atoms with E-state index in [1.165, 1.54) is 0 Å². The molecule has 0 spiro atoms. The van der Waals surface area contributed by atoms with E-state index < -0.39 is 10.0 Å². The summed E-state index contributed by atoms with van der Waals surface area (Å²) < 4.78 is 33.4. The van der Waals surface area contributed by atoms with E-state index in [4.69, 9.17) is 4.42 Å². The first-order valence-corrected chi connectivity index (χ1v) is 9.01. The van der Waals surface area contributed by atoms with Crippen LogP contribution >= 0.6 is 0 Å². The number of nitrogens with zero attached hydrogens (tertiary/aromatic N) is 1. The van der Waals surface area contributed by atoms with Crippen LogP contribution in [-0.4, -0.2) is 13.4 Å². The lowest BCUT2D eigenvalue weighted by molar-refractivity contribution is 0.534. The maximum atomic E-state index is 12.7. The third kappa shape index (κ3) is 3.55. The Kier molecular flexibility index (Phi) is 4.51. The molecule has 6 heteroatoms. The first-order chi connectivity index (χ1) is 11.5. The monoisotopic (exact) mass is 342 g/mol. The van der Waals surface area contributed by atoms with Gasteiger partial charge in [-0.05, 0) is 24.1 Å². The van der Waals surface area contributed by atoms with Crippen LogP contribution in [0, 0.1) is 13.8 Å². The third-order valence-electron chi connectivity index (χ3n) is 3.69. The number of nitrogens with one attached hydrogen (secondary N) is 1. The van der Waals surface area contributed by atoms with Crippen LogP contribution in [0.4, 0.5) is 0 Å². The molecule has 3 rings (SSSR count). The summed E-state index contributed by atoms with van der Waals surface area (Å²) in [6.45, 7) is 3.76. The molecule has 5 nitrogen and oxygen atoms in total. The Hall–Kier alpha value is -2.44. The van der Waals surface area contributed by atoms with Crippen LogP contribution < -0.4 is 4.72 Å². The molecule has 0 aliphatic rings. The fraction of sp³-hybridized carbons (Fsp3) is 0.167. The molecule has 0 unspecified atom stereocenters. The Labute approximate surface area is 141 Å². The minimum Gasteiger partial charge on any atom is -0.441 e. The molecule has 0 fully saturated rings. The predicted octanol–water partition coefficient (Wildman–Crippen LogP) is 3.44. The molecular weight excluding hydrogens is 324 g/mol. The van der Waals surface area contributed by atoms with Crippen molar-refractivity contribution in [2.75, 3.05) is 0 Å². The number of aromatic nitrogens is 1. The first-order valence-electron chi connectivity index (χ1n) is 7.53. The summed E-state index contributed by atoms with van der Waals surface area (Å²) in [4.78, 5) is 4.29. The van der Waals surface area contributed by atoms with Gasteiger partial charge < -0.3 is 4.42 Å². The molecule has 0 atom stereocenters. The Bertz CT molecular complexity index is 947. The predicted molar refractivity (Wildman–Crippen MR) is 91.9 cm³/mol. The van der Waals surface area contributed by atoms with Gasteiger partial charge in [-0.3, -0.25) is 0 Å². The molecule has 3 aromatic rings. The molecule has 0 aliphatic carbocycles. The van der Waals surface area contributed by atoms with Crippen molar-refractivity contribution in [1.82, 2.24) is 9.71 Å². The molecular formula is C18H18N2O3S. The minimum atomic E-state index is -3.62. The van der Waals surface area contributed by atoms with Crippen molar-refractivity contribution in [1.29, 1.82) is 0 Å². The summed E-state index contributed by atoms with van der Waals surface area (Å²) in [5.41, 5.74) is 2.26. The maximum absolute atomic E-state index is 12.7. The quantitative estimate of drug-likeness (QED) is 0.771. The van der Waals surface area contributed by atoms with Gasteiger partial charge in [0.25, 0.3) is 0 Å². The van der Waals surface area contributed by atoms with Crippen LogP contribution in [0.1, 0.15) is 17.0 Å². The summed E-state index contributed by atoms with van der Waals surface area (Å²) >= 11 is 0. The number of oxazole rings is 1. The zero-order valence-corrected chi connectivity index (χ0v) is 14.3. The van der Waals surface area contributed by atoms with Gasteiger partial charge in [0.2, 0.25) is 10.0 Å². The molecule has 1 heterocycles. The van der Waals surface area contributed by atoms with Gasteiger partial charge in [0.05, 0.1) is 11.1 Å². The zero-order valence-electron chi connectivity index (χ0n) is 13.5. The number of benzene rings is 2. The molecule has 1 N–H and O–H groups in total. The lowest BCUT2D eigenvalue weighted by Gasteiger charge is -2.10. The Morgan fingerprint density at radius 1 is 1.08 bits per heavy atom. The normalized spacial score (nSPS) is 11.6. The average molecular weight is 342 g/mol. The highest BCUT2D eigenvalue weighted by molar-refractivity contribution is 7.89. The van der Waals surface area contributed by atoms with Gasteiger partial charge in [-0.2, -0.15) is 0 Å². The molecule has 0 radical (unpaired) electrons. The third-order valence-corrected chi connectivity index (χ3v) is 5.24. The highest BCUT2D eigenvalue weighted by atomic mass is 32.2. The van der Waals surface area contributed by atoms with E-state index in [1.54, 1.807) is 32.2 Å². The summed E-state index contributed by atoms with van der Waals surface area (Å²) in [5.74, 6) is 1.09. The van der Waals surface area contributed by atoms with Gasteiger partial charge in [-0.1, -0.05) is 42.5 Å². The molecule has 2 aromatic carbocycles. The minimum absolute atomic E-state index is 0.241. The topological polar surface area (TPSA) is 72.2 Å². The van der Waals surface area contributed by atoms with Crippen LogP contribution in [-0.2, 0) is 16.6 Å². The Morgan fingerprint density at radius 3 is 2.50 bits per heavy atom. The number of rotatable bonds is 5. The number of hydrogen-bond donors (Lipinski definition) is 1. The molecule has 0 aliphatic heterocycles. The van der Waals surface area contributed by atoms with Crippen molar-refractivity contribution in [3.8, 4) is 11.3 Å².